The molecule has 2 amide bonds. The van der Waals surface area contributed by atoms with Gasteiger partial charge in [-0.2, -0.15) is 4.68 Å². The molecule has 2 heterocycles. The highest BCUT2D eigenvalue weighted by Crippen LogP contribution is 2.18. The number of carbonyl (C=O) groups excluding carboxylic acids is 1. The molecule has 4 rings (SSSR count). The Morgan fingerprint density at radius 2 is 1.70 bits per heavy atom. The van der Waals surface area contributed by atoms with E-state index in [0.29, 0.717) is 32.8 Å². The molecule has 1 saturated heterocycles. The second kappa shape index (κ2) is 9.77. The lowest BCUT2D eigenvalue weighted by Gasteiger charge is -2.35. The fourth-order valence-corrected chi connectivity index (χ4v) is 3.75. The molecule has 0 radical (unpaired) electrons. The molecular weight excluding hydrogens is 418 g/mol. The van der Waals surface area contributed by atoms with E-state index >= 15 is 0 Å². The molecule has 172 valence electrons. The highest BCUT2D eigenvalue weighted by atomic mass is 16.5. The van der Waals surface area contributed by atoms with Crippen molar-refractivity contribution in [1.29, 1.82) is 0 Å². The molecule has 0 saturated carbocycles. The number of aryl methyl sites for hydroxylation is 2. The van der Waals surface area contributed by atoms with Gasteiger partial charge in [0.15, 0.2) is 0 Å². The van der Waals surface area contributed by atoms with Crippen molar-refractivity contribution in [3.63, 3.8) is 0 Å². The van der Waals surface area contributed by atoms with E-state index in [1.807, 2.05) is 63.2 Å². The summed E-state index contributed by atoms with van der Waals surface area (Å²) in [6.45, 7) is 8.99. The molecule has 0 bridgehead atoms. The fraction of sp³-hybridized carbons (Fsp3) is 0.320. The van der Waals surface area contributed by atoms with E-state index < -0.39 is 0 Å². The first-order valence-corrected chi connectivity index (χ1v) is 11.2. The fourth-order valence-electron chi connectivity index (χ4n) is 3.75. The Morgan fingerprint density at radius 3 is 2.36 bits per heavy atom. The summed E-state index contributed by atoms with van der Waals surface area (Å²) in [4.78, 5) is 29.0. The average Bonchev–Trinajstić information content (AvgIpc) is 2.83. The van der Waals surface area contributed by atoms with E-state index in [-0.39, 0.29) is 11.6 Å². The number of urea groups is 1. The smallest absolute Gasteiger partial charge is 0.321 e. The Labute approximate surface area is 193 Å². The van der Waals surface area contributed by atoms with Crippen molar-refractivity contribution < 1.29 is 9.53 Å². The van der Waals surface area contributed by atoms with Gasteiger partial charge in [-0.25, -0.2) is 4.79 Å². The summed E-state index contributed by atoms with van der Waals surface area (Å²) in [5, 5.41) is 7.53. The topological polar surface area (TPSA) is 79.7 Å². The zero-order valence-electron chi connectivity index (χ0n) is 19.2. The monoisotopic (exact) mass is 447 g/mol. The predicted octanol–water partition coefficient (Wildman–Crippen LogP) is 3.60. The SMILES string of the molecule is CCOc1ccc(NC(=O)N2CCN(c3ccc(=O)n(-c4ccc(C)c(C)c4)n3)CC2)cc1. The lowest BCUT2D eigenvalue weighted by atomic mass is 10.1. The van der Waals surface area contributed by atoms with Gasteiger partial charge in [-0.3, -0.25) is 4.79 Å². The molecule has 8 nitrogen and oxygen atoms in total. The van der Waals surface area contributed by atoms with Crippen LogP contribution in [-0.4, -0.2) is 53.5 Å². The lowest BCUT2D eigenvalue weighted by molar-refractivity contribution is 0.208. The number of amides is 2. The van der Waals surface area contributed by atoms with Crippen LogP contribution in [0.15, 0.2) is 59.4 Å². The zero-order valence-corrected chi connectivity index (χ0v) is 19.2. The summed E-state index contributed by atoms with van der Waals surface area (Å²) in [7, 11) is 0. The Kier molecular flexibility index (Phi) is 6.63. The third kappa shape index (κ3) is 5.16. The number of hydrogen-bond acceptors (Lipinski definition) is 5. The van der Waals surface area contributed by atoms with Gasteiger partial charge >= 0.3 is 6.03 Å². The van der Waals surface area contributed by atoms with Crippen LogP contribution < -0.4 is 20.5 Å². The van der Waals surface area contributed by atoms with Crippen molar-refractivity contribution in [2.45, 2.75) is 20.8 Å². The van der Waals surface area contributed by atoms with Gasteiger partial charge < -0.3 is 19.9 Å². The summed E-state index contributed by atoms with van der Waals surface area (Å²) in [5.41, 5.74) is 3.59. The van der Waals surface area contributed by atoms with E-state index in [1.165, 1.54) is 10.2 Å². The largest absolute Gasteiger partial charge is 0.494 e. The summed E-state index contributed by atoms with van der Waals surface area (Å²) in [5.74, 6) is 1.50. The van der Waals surface area contributed by atoms with Gasteiger partial charge in [0.1, 0.15) is 11.6 Å². The van der Waals surface area contributed by atoms with Gasteiger partial charge in [0.05, 0.1) is 12.3 Å². The van der Waals surface area contributed by atoms with Crippen LogP contribution in [0.25, 0.3) is 5.69 Å². The van der Waals surface area contributed by atoms with Crippen LogP contribution in [0.5, 0.6) is 5.75 Å². The van der Waals surface area contributed by atoms with Crippen LogP contribution in [0.4, 0.5) is 16.3 Å². The first-order chi connectivity index (χ1) is 15.9. The van der Waals surface area contributed by atoms with Crippen LogP contribution in [0.1, 0.15) is 18.1 Å². The Hall–Kier alpha value is -3.81. The Balaban J connectivity index is 1.40. The van der Waals surface area contributed by atoms with Crippen LogP contribution in [0.3, 0.4) is 0 Å². The number of nitrogens with one attached hydrogen (secondary N) is 1. The molecule has 2 aromatic carbocycles. The van der Waals surface area contributed by atoms with Crippen molar-refractivity contribution in [1.82, 2.24) is 14.7 Å². The average molecular weight is 448 g/mol. The van der Waals surface area contributed by atoms with Gasteiger partial charge in [0.2, 0.25) is 0 Å². The zero-order chi connectivity index (χ0) is 23.4. The highest BCUT2D eigenvalue weighted by Gasteiger charge is 2.22. The molecular formula is C25H29N5O3. The third-order valence-corrected chi connectivity index (χ3v) is 5.83. The van der Waals surface area contributed by atoms with E-state index in [9.17, 15) is 9.59 Å². The van der Waals surface area contributed by atoms with E-state index in [2.05, 4.69) is 15.3 Å². The van der Waals surface area contributed by atoms with Crippen molar-refractivity contribution in [2.24, 2.45) is 0 Å². The summed E-state index contributed by atoms with van der Waals surface area (Å²) in [6, 6.07) is 16.4. The second-order valence-electron chi connectivity index (χ2n) is 8.07. The van der Waals surface area contributed by atoms with Crippen LogP contribution in [0, 0.1) is 13.8 Å². The van der Waals surface area contributed by atoms with Crippen LogP contribution >= 0.6 is 0 Å². The van der Waals surface area contributed by atoms with Gasteiger partial charge in [0, 0.05) is 37.9 Å². The van der Waals surface area contributed by atoms with E-state index in [0.717, 1.165) is 28.5 Å². The number of aromatic nitrogens is 2. The van der Waals surface area contributed by atoms with Gasteiger partial charge in [-0.15, -0.1) is 5.10 Å². The minimum atomic E-state index is -0.171. The molecule has 1 aliphatic heterocycles. The van der Waals surface area contributed by atoms with Crippen LogP contribution in [-0.2, 0) is 0 Å². The summed E-state index contributed by atoms with van der Waals surface area (Å²) in [6.07, 6.45) is 0. The maximum absolute atomic E-state index is 12.7. The molecule has 1 fully saturated rings. The van der Waals surface area contributed by atoms with Gasteiger partial charge in [-0.1, -0.05) is 6.07 Å². The molecule has 1 N–H and O–H groups in total. The molecule has 3 aromatic rings. The number of piperazine rings is 1. The molecule has 1 aliphatic rings. The van der Waals surface area contributed by atoms with Crippen LogP contribution in [0.2, 0.25) is 0 Å². The maximum atomic E-state index is 12.7. The van der Waals surface area contributed by atoms with E-state index in [4.69, 9.17) is 4.74 Å². The number of nitrogens with zero attached hydrogens (tertiary/aromatic N) is 4. The number of rotatable bonds is 5. The summed E-state index contributed by atoms with van der Waals surface area (Å²) < 4.78 is 6.87. The molecule has 0 spiro atoms. The number of carbonyl (C=O) groups is 1. The Morgan fingerprint density at radius 1 is 0.970 bits per heavy atom. The standard InChI is InChI=1S/C25H29N5O3/c1-4-33-22-9-6-20(7-10-22)26-25(32)29-15-13-28(14-16-29)23-11-12-24(31)30(27-23)21-8-5-18(2)19(3)17-21/h5-12,17H,4,13-16H2,1-3H3,(H,26,32). The lowest BCUT2D eigenvalue weighted by Crippen LogP contribution is -2.50. The number of hydrogen-bond donors (Lipinski definition) is 1. The van der Waals surface area contributed by atoms with Crippen molar-refractivity contribution in [3.05, 3.63) is 76.1 Å². The minimum absolute atomic E-state index is 0.133. The quantitative estimate of drug-likeness (QED) is 0.647. The van der Waals surface area contributed by atoms with E-state index in [1.54, 1.807) is 17.0 Å². The molecule has 33 heavy (non-hydrogen) atoms. The normalized spacial score (nSPS) is 13.7. The third-order valence-electron chi connectivity index (χ3n) is 5.83. The molecule has 0 aliphatic carbocycles. The van der Waals surface area contributed by atoms with Crippen molar-refractivity contribution >= 4 is 17.5 Å². The maximum Gasteiger partial charge on any atom is 0.321 e. The van der Waals surface area contributed by atoms with Gasteiger partial charge in [-0.05, 0) is 74.4 Å². The predicted molar refractivity (Wildman–Crippen MR) is 130 cm³/mol. The minimum Gasteiger partial charge on any atom is -0.494 e. The molecule has 0 unspecified atom stereocenters. The first kappa shape index (κ1) is 22.4. The molecule has 0 atom stereocenters. The second-order valence-corrected chi connectivity index (χ2v) is 8.07. The number of benzene rings is 2. The molecule has 8 heteroatoms. The number of ether oxygens (including phenoxy) is 1. The Bertz CT molecular complexity index is 1180. The molecule has 1 aromatic heterocycles. The summed E-state index contributed by atoms with van der Waals surface area (Å²) >= 11 is 0. The van der Waals surface area contributed by atoms with Crippen molar-refractivity contribution in [3.8, 4) is 11.4 Å². The number of anilines is 2. The first-order valence-electron chi connectivity index (χ1n) is 11.2. The van der Waals surface area contributed by atoms with Gasteiger partial charge in [0.25, 0.3) is 5.56 Å². The highest BCUT2D eigenvalue weighted by molar-refractivity contribution is 5.89. The van der Waals surface area contributed by atoms with Crippen molar-refractivity contribution in [2.75, 3.05) is 43.0 Å².